The number of aromatic nitrogens is 1. The Bertz CT molecular complexity index is 993. The minimum Gasteiger partial charge on any atom is -0.487 e. The van der Waals surface area contributed by atoms with Crippen LogP contribution in [0.25, 0.3) is 0 Å². The van der Waals surface area contributed by atoms with E-state index in [1.54, 1.807) is 49.0 Å². The van der Waals surface area contributed by atoms with E-state index in [2.05, 4.69) is 4.98 Å². The number of rotatable bonds is 8. The third-order valence-electron chi connectivity index (χ3n) is 4.28. The molecule has 0 aliphatic rings. The van der Waals surface area contributed by atoms with Gasteiger partial charge in [0.1, 0.15) is 18.2 Å². The molecule has 6 nitrogen and oxygen atoms in total. The Balaban J connectivity index is 1.51. The summed E-state index contributed by atoms with van der Waals surface area (Å²) in [5, 5.41) is 1.90. The van der Waals surface area contributed by atoms with Crippen LogP contribution in [0.3, 0.4) is 0 Å². The molecule has 1 aromatic heterocycles. The van der Waals surface area contributed by atoms with Gasteiger partial charge in [-0.3, -0.25) is 4.79 Å². The molecule has 0 aliphatic carbocycles. The maximum absolute atomic E-state index is 13.3. The predicted molar refractivity (Wildman–Crippen MR) is 111 cm³/mol. The number of carbonyl (C=O) groups excluding carboxylic acids is 2. The molecule has 0 aliphatic heterocycles. The molecule has 1 atom stereocenters. The highest BCUT2D eigenvalue weighted by Gasteiger charge is 2.22. The molecule has 1 heterocycles. The highest BCUT2D eigenvalue weighted by atomic mass is 32.1. The molecule has 0 fully saturated rings. The average molecular weight is 428 g/mol. The maximum Gasteiger partial charge on any atom is 0.338 e. The molecular weight excluding hydrogens is 407 g/mol. The minimum atomic E-state index is -0.975. The number of hydrogen-bond donors (Lipinski definition) is 0. The topological polar surface area (TPSA) is 68.7 Å². The zero-order chi connectivity index (χ0) is 21.5. The fraction of sp³-hybridized carbons (Fsp3) is 0.227. The second-order valence-corrected chi connectivity index (χ2v) is 7.38. The molecule has 0 radical (unpaired) electrons. The summed E-state index contributed by atoms with van der Waals surface area (Å²) in [6.07, 6.45) is -0.975. The van der Waals surface area contributed by atoms with Crippen molar-refractivity contribution in [2.45, 2.75) is 26.2 Å². The van der Waals surface area contributed by atoms with Gasteiger partial charge in [0.15, 0.2) is 6.10 Å². The van der Waals surface area contributed by atoms with Crippen molar-refractivity contribution >= 4 is 23.2 Å². The molecule has 0 N–H and O–H groups in total. The first-order valence-electron chi connectivity index (χ1n) is 9.22. The van der Waals surface area contributed by atoms with Crippen molar-refractivity contribution in [2.75, 3.05) is 7.05 Å². The zero-order valence-corrected chi connectivity index (χ0v) is 17.4. The molecule has 0 spiro atoms. The SMILES string of the molecule is CC(OC(=O)c1ccc(OCc2cscn2)cc1)C(=O)N(C)Cc1cccc(F)c1. The Hall–Kier alpha value is -3.26. The lowest BCUT2D eigenvalue weighted by Crippen LogP contribution is -2.37. The van der Waals surface area contributed by atoms with Crippen molar-refractivity contribution < 1.29 is 23.5 Å². The molecule has 156 valence electrons. The minimum absolute atomic E-state index is 0.212. The van der Waals surface area contributed by atoms with Gasteiger partial charge in [0.2, 0.25) is 0 Å². The highest BCUT2D eigenvalue weighted by Crippen LogP contribution is 2.16. The summed E-state index contributed by atoms with van der Waals surface area (Å²) in [6.45, 7) is 2.06. The monoisotopic (exact) mass is 428 g/mol. The summed E-state index contributed by atoms with van der Waals surface area (Å²) >= 11 is 1.49. The van der Waals surface area contributed by atoms with Gasteiger partial charge in [-0.15, -0.1) is 11.3 Å². The summed E-state index contributed by atoms with van der Waals surface area (Å²) in [5.41, 5.74) is 3.52. The number of benzene rings is 2. The number of halogens is 1. The number of esters is 1. The van der Waals surface area contributed by atoms with Crippen molar-refractivity contribution in [3.8, 4) is 5.75 Å². The van der Waals surface area contributed by atoms with Crippen LogP contribution in [0.4, 0.5) is 4.39 Å². The van der Waals surface area contributed by atoms with Crippen LogP contribution in [0, 0.1) is 5.82 Å². The van der Waals surface area contributed by atoms with Gasteiger partial charge < -0.3 is 14.4 Å². The fourth-order valence-electron chi connectivity index (χ4n) is 2.73. The van der Waals surface area contributed by atoms with Crippen molar-refractivity contribution in [3.05, 3.63) is 82.1 Å². The first kappa shape index (κ1) is 21.4. The van der Waals surface area contributed by atoms with Gasteiger partial charge in [0.25, 0.3) is 5.91 Å². The van der Waals surface area contributed by atoms with Gasteiger partial charge in [0, 0.05) is 19.0 Å². The maximum atomic E-state index is 13.3. The van der Waals surface area contributed by atoms with E-state index < -0.39 is 12.1 Å². The van der Waals surface area contributed by atoms with Crippen LogP contribution >= 0.6 is 11.3 Å². The molecular formula is C22H21FN2O4S. The number of ether oxygens (including phenoxy) is 2. The predicted octanol–water partition coefficient (Wildman–Crippen LogP) is 4.07. The van der Waals surface area contributed by atoms with Gasteiger partial charge in [0.05, 0.1) is 16.8 Å². The first-order chi connectivity index (χ1) is 14.4. The molecule has 2 aromatic carbocycles. The van der Waals surface area contributed by atoms with Gasteiger partial charge in [-0.05, 0) is 48.9 Å². The van der Waals surface area contributed by atoms with E-state index in [1.807, 2.05) is 5.38 Å². The van der Waals surface area contributed by atoms with Crippen molar-refractivity contribution in [2.24, 2.45) is 0 Å². The van der Waals surface area contributed by atoms with Crippen LogP contribution in [0.2, 0.25) is 0 Å². The van der Waals surface area contributed by atoms with Crippen LogP contribution in [0.1, 0.15) is 28.5 Å². The van der Waals surface area contributed by atoms with Crippen molar-refractivity contribution in [3.63, 3.8) is 0 Å². The summed E-state index contributed by atoms with van der Waals surface area (Å²) < 4.78 is 24.2. The van der Waals surface area contributed by atoms with E-state index in [9.17, 15) is 14.0 Å². The second-order valence-electron chi connectivity index (χ2n) is 6.66. The Morgan fingerprint density at radius 1 is 1.20 bits per heavy atom. The molecule has 0 saturated heterocycles. The van der Waals surface area contributed by atoms with Gasteiger partial charge in [-0.1, -0.05) is 12.1 Å². The summed E-state index contributed by atoms with van der Waals surface area (Å²) in [7, 11) is 1.58. The van der Waals surface area contributed by atoms with Crippen LogP contribution in [0.15, 0.2) is 59.4 Å². The number of thiazole rings is 1. The third kappa shape index (κ3) is 5.87. The summed E-state index contributed by atoms with van der Waals surface area (Å²) in [6, 6.07) is 12.5. The van der Waals surface area contributed by atoms with Crippen LogP contribution < -0.4 is 4.74 Å². The molecule has 3 rings (SSSR count). The summed E-state index contributed by atoms with van der Waals surface area (Å²) in [4.78, 5) is 30.4. The Labute approximate surface area is 177 Å². The van der Waals surface area contributed by atoms with E-state index in [-0.39, 0.29) is 18.3 Å². The molecule has 0 bridgehead atoms. The number of amides is 1. The van der Waals surface area contributed by atoms with E-state index >= 15 is 0 Å². The fourth-order valence-corrected chi connectivity index (χ4v) is 3.27. The lowest BCUT2D eigenvalue weighted by atomic mass is 10.2. The van der Waals surface area contributed by atoms with E-state index in [1.165, 1.54) is 35.3 Å². The quantitative estimate of drug-likeness (QED) is 0.506. The number of nitrogens with zero attached hydrogens (tertiary/aromatic N) is 2. The lowest BCUT2D eigenvalue weighted by Gasteiger charge is -2.21. The Morgan fingerprint density at radius 2 is 1.97 bits per heavy atom. The zero-order valence-electron chi connectivity index (χ0n) is 16.6. The lowest BCUT2D eigenvalue weighted by molar-refractivity contribution is -0.139. The smallest absolute Gasteiger partial charge is 0.338 e. The molecule has 8 heteroatoms. The van der Waals surface area contributed by atoms with E-state index in [4.69, 9.17) is 9.47 Å². The largest absolute Gasteiger partial charge is 0.487 e. The number of likely N-dealkylation sites (N-methyl/N-ethyl adjacent to an activating group) is 1. The molecule has 30 heavy (non-hydrogen) atoms. The van der Waals surface area contributed by atoms with E-state index in [0.29, 0.717) is 23.5 Å². The van der Waals surface area contributed by atoms with Gasteiger partial charge in [-0.25, -0.2) is 14.2 Å². The van der Waals surface area contributed by atoms with Crippen LogP contribution in [-0.4, -0.2) is 34.9 Å². The third-order valence-corrected chi connectivity index (χ3v) is 4.91. The normalized spacial score (nSPS) is 11.6. The number of carbonyl (C=O) groups is 2. The number of hydrogen-bond acceptors (Lipinski definition) is 6. The Morgan fingerprint density at radius 3 is 2.63 bits per heavy atom. The highest BCUT2D eigenvalue weighted by molar-refractivity contribution is 7.07. The molecule has 0 saturated carbocycles. The molecule has 1 unspecified atom stereocenters. The van der Waals surface area contributed by atoms with Crippen LogP contribution in [-0.2, 0) is 22.7 Å². The Kier molecular flexibility index (Phi) is 7.13. The van der Waals surface area contributed by atoms with Crippen molar-refractivity contribution in [1.82, 2.24) is 9.88 Å². The average Bonchev–Trinajstić information content (AvgIpc) is 3.25. The van der Waals surface area contributed by atoms with E-state index in [0.717, 1.165) is 5.69 Å². The van der Waals surface area contributed by atoms with Gasteiger partial charge in [-0.2, -0.15) is 0 Å². The summed E-state index contributed by atoms with van der Waals surface area (Å²) in [5.74, 6) is -0.762. The molecule has 3 aromatic rings. The standard InChI is InChI=1S/C22H21FN2O4S/c1-15(21(26)25(2)11-16-4-3-5-18(23)10-16)29-22(27)17-6-8-20(9-7-17)28-12-19-13-30-14-24-19/h3-10,13-15H,11-12H2,1-2H3. The van der Waals surface area contributed by atoms with Gasteiger partial charge >= 0.3 is 5.97 Å². The second kappa shape index (κ2) is 9.98. The first-order valence-corrected chi connectivity index (χ1v) is 10.2. The van der Waals surface area contributed by atoms with Crippen molar-refractivity contribution in [1.29, 1.82) is 0 Å². The molecule has 1 amide bonds. The van der Waals surface area contributed by atoms with Crippen LogP contribution in [0.5, 0.6) is 5.75 Å².